The van der Waals surface area contributed by atoms with E-state index >= 15 is 0 Å². The smallest absolute Gasteiger partial charge is 0.407 e. The Labute approximate surface area is 225 Å². The molecule has 0 aromatic carbocycles. The molecule has 11 nitrogen and oxygen atoms in total. The first-order valence-corrected chi connectivity index (χ1v) is 12.8. The van der Waals surface area contributed by atoms with Crippen molar-refractivity contribution in [3.63, 3.8) is 0 Å². The van der Waals surface area contributed by atoms with E-state index in [2.05, 4.69) is 32.1 Å². The van der Waals surface area contributed by atoms with E-state index in [1.165, 1.54) is 33.3 Å². The molecule has 1 atom stereocenters. The quantitative estimate of drug-likeness (QED) is 0.342. The number of alkyl halides is 1. The molecule has 2 amide bonds. The van der Waals surface area contributed by atoms with Crippen molar-refractivity contribution in [3.8, 4) is 17.5 Å². The minimum absolute atomic E-state index is 0.00186. The maximum atomic E-state index is 14.3. The van der Waals surface area contributed by atoms with Gasteiger partial charge in [0.2, 0.25) is 0 Å². The van der Waals surface area contributed by atoms with Crippen LogP contribution in [0.5, 0.6) is 0 Å². The number of pyridine rings is 1. The number of carbonyl (C=O) groups excluding carboxylic acids is 2. The van der Waals surface area contributed by atoms with E-state index in [0.717, 1.165) is 5.52 Å². The van der Waals surface area contributed by atoms with Gasteiger partial charge >= 0.3 is 6.09 Å². The summed E-state index contributed by atoms with van der Waals surface area (Å²) in [7, 11) is 1.52. The molecule has 1 aliphatic carbocycles. The van der Waals surface area contributed by atoms with E-state index < -0.39 is 23.8 Å². The van der Waals surface area contributed by atoms with E-state index in [1.54, 1.807) is 16.6 Å². The van der Waals surface area contributed by atoms with Crippen molar-refractivity contribution in [1.82, 2.24) is 25.2 Å². The third-order valence-corrected chi connectivity index (χ3v) is 6.76. The number of aromatic nitrogens is 3. The van der Waals surface area contributed by atoms with Crippen molar-refractivity contribution >= 4 is 23.2 Å². The van der Waals surface area contributed by atoms with Gasteiger partial charge in [-0.3, -0.25) is 9.78 Å². The van der Waals surface area contributed by atoms with Gasteiger partial charge in [0, 0.05) is 19.3 Å². The molecular formula is C27H32FN7O4. The van der Waals surface area contributed by atoms with Gasteiger partial charge < -0.3 is 25.8 Å². The minimum atomic E-state index is -1.66. The zero-order chi connectivity index (χ0) is 28.2. The number of nitriles is 1. The largest absolute Gasteiger partial charge is 0.446 e. The molecule has 0 unspecified atom stereocenters. The second-order valence-electron chi connectivity index (χ2n) is 10.1. The summed E-state index contributed by atoms with van der Waals surface area (Å²) in [5.74, 6) is -0.531. The number of hydrogen-bond donors (Lipinski definition) is 4. The van der Waals surface area contributed by atoms with E-state index in [9.17, 15) is 19.1 Å². The highest BCUT2D eigenvalue weighted by atomic mass is 19.1. The molecule has 39 heavy (non-hydrogen) atoms. The van der Waals surface area contributed by atoms with Gasteiger partial charge in [-0.05, 0) is 63.8 Å². The number of nitrogens with one attached hydrogen (secondary N) is 3. The topological polar surface area (TPSA) is 154 Å². The maximum Gasteiger partial charge on any atom is 0.407 e. The first-order chi connectivity index (χ1) is 18.6. The Morgan fingerprint density at radius 1 is 1.26 bits per heavy atom. The normalized spacial score (nSPS) is 18.2. The molecule has 1 fully saturated rings. The number of anilines is 1. The number of alkyl carbamates (subject to hydrolysis) is 1. The van der Waals surface area contributed by atoms with Crippen molar-refractivity contribution in [2.75, 3.05) is 18.9 Å². The Bertz CT molecular complexity index is 1390. The van der Waals surface area contributed by atoms with Crippen LogP contribution in [-0.2, 0) is 4.74 Å². The lowest BCUT2D eigenvalue weighted by Crippen LogP contribution is -2.42. The van der Waals surface area contributed by atoms with Crippen LogP contribution in [0.4, 0.5) is 14.9 Å². The van der Waals surface area contributed by atoms with Crippen LogP contribution in [0.2, 0.25) is 0 Å². The summed E-state index contributed by atoms with van der Waals surface area (Å²) in [5, 5.41) is 31.8. The van der Waals surface area contributed by atoms with Crippen LogP contribution in [0.25, 0.3) is 16.9 Å². The predicted molar refractivity (Wildman–Crippen MR) is 142 cm³/mol. The van der Waals surface area contributed by atoms with Gasteiger partial charge in [0.25, 0.3) is 5.91 Å². The molecule has 206 valence electrons. The SMILES string of the molecule is CNC(=O)O[C@H]1CC[C@@H](Nc2cc(-c3ccc4cc(C#N)cnn34)ncc2C(=O)NC[C@@H](F)C(C)(C)O)CC1. The molecule has 3 heterocycles. The number of nitrogens with zero attached hydrogens (tertiary/aromatic N) is 4. The Hall–Kier alpha value is -4.24. The highest BCUT2D eigenvalue weighted by Gasteiger charge is 2.28. The third-order valence-electron chi connectivity index (χ3n) is 6.76. The second-order valence-corrected chi connectivity index (χ2v) is 10.1. The summed E-state index contributed by atoms with van der Waals surface area (Å²) in [6, 6.07) is 9.18. The van der Waals surface area contributed by atoms with Crippen molar-refractivity contribution in [2.24, 2.45) is 0 Å². The lowest BCUT2D eigenvalue weighted by atomic mass is 9.92. The number of ether oxygens (including phenoxy) is 1. The van der Waals surface area contributed by atoms with Gasteiger partial charge in [-0.1, -0.05) is 0 Å². The van der Waals surface area contributed by atoms with Crippen LogP contribution in [0.15, 0.2) is 36.7 Å². The molecule has 4 N–H and O–H groups in total. The number of rotatable bonds is 8. The summed E-state index contributed by atoms with van der Waals surface area (Å²) < 4.78 is 21.3. The Kier molecular flexibility index (Phi) is 8.30. The molecular weight excluding hydrogens is 505 g/mol. The standard InChI is InChI=1S/C27H32FN7O4/c1-27(2,38)24(28)15-32-25(36)20-14-31-22(23-9-6-18-10-16(12-29)13-33-35(18)23)11-21(20)34-17-4-7-19(8-5-17)39-26(37)30-3/h6,9-11,13-14,17,19,24,38H,4-5,7-8,15H2,1-3H3,(H,30,37)(H,31,34)(H,32,36)/t17-,19+,24-/m1/s1. The van der Waals surface area contributed by atoms with Crippen molar-refractivity contribution in [1.29, 1.82) is 5.26 Å². The van der Waals surface area contributed by atoms with Gasteiger partial charge in [-0.15, -0.1) is 0 Å². The van der Waals surface area contributed by atoms with Crippen LogP contribution in [0.1, 0.15) is 55.5 Å². The van der Waals surface area contributed by atoms with Crippen molar-refractivity contribution in [3.05, 3.63) is 47.8 Å². The van der Waals surface area contributed by atoms with Crippen molar-refractivity contribution < 1.29 is 23.8 Å². The molecule has 0 spiro atoms. The minimum Gasteiger partial charge on any atom is -0.446 e. The molecule has 4 rings (SSSR count). The number of carbonyl (C=O) groups is 2. The van der Waals surface area contributed by atoms with E-state index in [4.69, 9.17) is 10.00 Å². The molecule has 3 aromatic rings. The van der Waals surface area contributed by atoms with Crippen molar-refractivity contribution in [2.45, 2.75) is 63.4 Å². The average molecular weight is 538 g/mol. The lowest BCUT2D eigenvalue weighted by Gasteiger charge is -2.30. The Morgan fingerprint density at radius 3 is 2.67 bits per heavy atom. The van der Waals surface area contributed by atoms with E-state index in [0.29, 0.717) is 48.3 Å². The average Bonchev–Trinajstić information content (AvgIpc) is 3.35. The zero-order valence-electron chi connectivity index (χ0n) is 22.1. The number of aliphatic hydroxyl groups is 1. The van der Waals surface area contributed by atoms with Gasteiger partial charge in [0.1, 0.15) is 18.3 Å². The number of amides is 2. The fourth-order valence-corrected chi connectivity index (χ4v) is 4.43. The summed E-state index contributed by atoms with van der Waals surface area (Å²) in [4.78, 5) is 29.1. The second kappa shape index (κ2) is 11.7. The molecule has 3 aromatic heterocycles. The molecule has 1 aliphatic rings. The summed E-state index contributed by atoms with van der Waals surface area (Å²) in [5.41, 5.74) is 1.50. The third kappa shape index (κ3) is 6.61. The monoisotopic (exact) mass is 537 g/mol. The highest BCUT2D eigenvalue weighted by molar-refractivity contribution is 6.00. The van der Waals surface area contributed by atoms with E-state index in [-0.39, 0.29) is 24.3 Å². The Balaban J connectivity index is 1.59. The molecule has 0 aliphatic heterocycles. The van der Waals surface area contributed by atoms with Gasteiger partial charge in [0.15, 0.2) is 0 Å². The molecule has 0 radical (unpaired) electrons. The summed E-state index contributed by atoms with van der Waals surface area (Å²) in [6.45, 7) is 2.32. The summed E-state index contributed by atoms with van der Waals surface area (Å²) in [6.07, 6.45) is 3.33. The van der Waals surface area contributed by atoms with Gasteiger partial charge in [-0.2, -0.15) is 10.4 Å². The zero-order valence-corrected chi connectivity index (χ0v) is 22.1. The number of fused-ring (bicyclic) bond motifs is 1. The van der Waals surface area contributed by atoms with Crippen LogP contribution >= 0.6 is 0 Å². The van der Waals surface area contributed by atoms with Crippen LogP contribution < -0.4 is 16.0 Å². The first-order valence-electron chi connectivity index (χ1n) is 12.8. The maximum absolute atomic E-state index is 14.3. The van der Waals surface area contributed by atoms with Crippen LogP contribution in [0, 0.1) is 11.3 Å². The van der Waals surface area contributed by atoms with Gasteiger partial charge in [0.05, 0.1) is 52.1 Å². The fraction of sp³-hybridized carbons (Fsp3) is 0.444. The Morgan fingerprint density at radius 2 is 2.00 bits per heavy atom. The first kappa shape index (κ1) is 27.8. The molecule has 0 bridgehead atoms. The highest BCUT2D eigenvalue weighted by Crippen LogP contribution is 2.29. The fourth-order valence-electron chi connectivity index (χ4n) is 4.43. The van der Waals surface area contributed by atoms with Crippen LogP contribution in [0.3, 0.4) is 0 Å². The number of halogens is 1. The molecule has 12 heteroatoms. The number of hydrogen-bond acceptors (Lipinski definition) is 8. The summed E-state index contributed by atoms with van der Waals surface area (Å²) >= 11 is 0. The van der Waals surface area contributed by atoms with Crippen LogP contribution in [-0.4, -0.2) is 69.2 Å². The molecule has 1 saturated carbocycles. The van der Waals surface area contributed by atoms with Gasteiger partial charge in [-0.25, -0.2) is 13.7 Å². The van der Waals surface area contributed by atoms with E-state index in [1.807, 2.05) is 12.1 Å². The molecule has 0 saturated heterocycles. The predicted octanol–water partition coefficient (Wildman–Crippen LogP) is 3.19. The lowest BCUT2D eigenvalue weighted by molar-refractivity contribution is -0.00178.